The third-order valence-corrected chi connectivity index (χ3v) is 9.50. The number of aliphatic hydroxyl groups excluding tert-OH is 4. The predicted molar refractivity (Wildman–Crippen MR) is 186 cm³/mol. The van der Waals surface area contributed by atoms with Crippen molar-refractivity contribution >= 4 is 22.2 Å². The molecule has 1 saturated carbocycles. The maximum atomic E-state index is 13.4. The average molecular weight is 769 g/mol. The lowest BCUT2D eigenvalue weighted by Crippen LogP contribution is -2.67. The second-order valence-corrected chi connectivity index (χ2v) is 17.4. The molecule has 302 valence electrons. The lowest BCUT2D eigenvalue weighted by Gasteiger charge is -2.47. The Labute approximate surface area is 306 Å². The van der Waals surface area contributed by atoms with Crippen molar-refractivity contribution in [3.05, 3.63) is 11.8 Å². The largest absolute Gasteiger partial charge is 0.468 e. The van der Waals surface area contributed by atoms with Crippen molar-refractivity contribution < 1.29 is 66.9 Å². The Morgan fingerprint density at radius 1 is 1.00 bits per heavy atom. The van der Waals surface area contributed by atoms with Crippen molar-refractivity contribution in [1.82, 2.24) is 20.7 Å². The summed E-state index contributed by atoms with van der Waals surface area (Å²) >= 11 is 0. The van der Waals surface area contributed by atoms with E-state index in [0.717, 1.165) is 0 Å². The Hall–Kier alpha value is -2.33. The quantitative estimate of drug-likeness (QED) is 0.109. The van der Waals surface area contributed by atoms with Crippen molar-refractivity contribution in [2.24, 2.45) is 5.92 Å². The average Bonchev–Trinajstić information content (AvgIpc) is 3.00. The summed E-state index contributed by atoms with van der Waals surface area (Å²) in [5.74, 6) is -0.0255. The Kier molecular flexibility index (Phi) is 16.4. The number of carbonyl (C=O) groups is 2. The molecule has 8 N–H and O–H groups in total. The van der Waals surface area contributed by atoms with Crippen molar-refractivity contribution in [3.63, 3.8) is 0 Å². The monoisotopic (exact) mass is 768 g/mol. The van der Waals surface area contributed by atoms with Gasteiger partial charge in [0.15, 0.2) is 12.6 Å². The standard InChI is InChI=1S/C33H60N4O14S/c1-19-13-24(40)29(46-18-19)49-28-23(37-52(44,45)12-11-35-30(42)50-32(2,3)4)14-22(36-31(43)51-33(5,6)7)27(26(28)41)48-25-10-8-9-21(47-25)16-34-15-20(39)17-38/h9,19-20,22-29,34,37-41H,8,10-18H2,1-7H3,(H,35,42)(H,36,43)/t19-,20?,22-,23+,24+,25+,26-,27+,28-,29+/m0/s1. The summed E-state index contributed by atoms with van der Waals surface area (Å²) in [7, 11) is -4.16. The number of amides is 2. The third-order valence-electron chi connectivity index (χ3n) is 8.10. The molecule has 0 aromatic heterocycles. The molecule has 2 fully saturated rings. The van der Waals surface area contributed by atoms with Crippen molar-refractivity contribution in [2.45, 2.75) is 141 Å². The van der Waals surface area contributed by atoms with Gasteiger partial charge in [0.1, 0.15) is 41.4 Å². The van der Waals surface area contributed by atoms with Gasteiger partial charge in [0, 0.05) is 19.5 Å². The molecule has 0 spiro atoms. The first kappa shape index (κ1) is 44.1. The van der Waals surface area contributed by atoms with Crippen molar-refractivity contribution in [3.8, 4) is 0 Å². The van der Waals surface area contributed by atoms with E-state index in [0.29, 0.717) is 25.0 Å². The van der Waals surface area contributed by atoms with Crippen LogP contribution in [0, 0.1) is 5.92 Å². The second kappa shape index (κ2) is 19.3. The first-order valence-corrected chi connectivity index (χ1v) is 19.4. The first-order chi connectivity index (χ1) is 24.1. The lowest BCUT2D eigenvalue weighted by molar-refractivity contribution is -0.282. The number of ether oxygens (including phenoxy) is 6. The van der Waals surface area contributed by atoms with Crippen LogP contribution in [0.5, 0.6) is 0 Å². The van der Waals surface area contributed by atoms with Gasteiger partial charge in [-0.15, -0.1) is 0 Å². The van der Waals surface area contributed by atoms with Gasteiger partial charge in [-0.2, -0.15) is 0 Å². The van der Waals surface area contributed by atoms with E-state index in [2.05, 4.69) is 20.7 Å². The molecule has 3 aliphatic rings. The van der Waals surface area contributed by atoms with Crippen LogP contribution in [0.1, 0.15) is 74.1 Å². The zero-order valence-electron chi connectivity index (χ0n) is 31.2. The molecular formula is C33H60N4O14S. The summed E-state index contributed by atoms with van der Waals surface area (Å²) in [6.45, 7) is 11.8. The molecule has 1 aliphatic carbocycles. The van der Waals surface area contributed by atoms with E-state index in [9.17, 15) is 33.3 Å². The first-order valence-electron chi connectivity index (χ1n) is 17.7. The highest BCUT2D eigenvalue weighted by molar-refractivity contribution is 7.89. The summed E-state index contributed by atoms with van der Waals surface area (Å²) < 4.78 is 64.2. The highest BCUT2D eigenvalue weighted by atomic mass is 32.2. The normalized spacial score (nSPS) is 30.8. The van der Waals surface area contributed by atoms with Crippen LogP contribution in [-0.2, 0) is 38.4 Å². The molecular weight excluding hydrogens is 708 g/mol. The minimum Gasteiger partial charge on any atom is -0.468 e. The lowest BCUT2D eigenvalue weighted by atomic mass is 9.83. The SMILES string of the molecule is C[C@@H]1CO[C@H](O[C@@H]2[C@@H](O)[C@H](O[C@@H]3CCC=C(CNCC(O)CO)O3)[C@@H](NC(=O)OC(C)(C)C)C[C@H]2NS(=O)(=O)CCNC(=O)OC(C)(C)C)[C@H](O)C1. The van der Waals surface area contributed by atoms with Crippen LogP contribution in [-0.4, -0.2) is 146 Å². The third kappa shape index (κ3) is 15.2. The number of allylic oxidation sites excluding steroid dienone is 1. The van der Waals surface area contributed by atoms with E-state index in [1.54, 1.807) is 41.5 Å². The van der Waals surface area contributed by atoms with E-state index in [1.807, 2.05) is 13.0 Å². The molecule has 0 bridgehead atoms. The van der Waals surface area contributed by atoms with E-state index in [4.69, 9.17) is 33.5 Å². The van der Waals surface area contributed by atoms with Gasteiger partial charge >= 0.3 is 12.2 Å². The van der Waals surface area contributed by atoms with E-state index in [1.165, 1.54) is 0 Å². The van der Waals surface area contributed by atoms with Crippen LogP contribution in [0.3, 0.4) is 0 Å². The van der Waals surface area contributed by atoms with E-state index < -0.39 is 101 Å². The molecule has 3 rings (SSSR count). The van der Waals surface area contributed by atoms with E-state index in [-0.39, 0.29) is 38.6 Å². The molecule has 0 radical (unpaired) electrons. The maximum absolute atomic E-state index is 13.4. The van der Waals surface area contributed by atoms with Crippen molar-refractivity contribution in [2.75, 3.05) is 38.6 Å². The maximum Gasteiger partial charge on any atom is 0.407 e. The summed E-state index contributed by atoms with van der Waals surface area (Å²) in [5.41, 5.74) is -1.67. The van der Waals surface area contributed by atoms with Gasteiger partial charge in [-0.1, -0.05) is 6.92 Å². The van der Waals surface area contributed by atoms with Gasteiger partial charge in [-0.3, -0.25) is 0 Å². The molecule has 2 amide bonds. The molecule has 19 heteroatoms. The highest BCUT2D eigenvalue weighted by Gasteiger charge is 2.50. The van der Waals surface area contributed by atoms with Crippen molar-refractivity contribution in [1.29, 1.82) is 0 Å². The molecule has 10 atom stereocenters. The Balaban J connectivity index is 1.85. The molecule has 18 nitrogen and oxygen atoms in total. The number of alkyl carbamates (subject to hydrolysis) is 2. The van der Waals surface area contributed by atoms with E-state index >= 15 is 0 Å². The number of hydrogen-bond donors (Lipinski definition) is 8. The number of aliphatic hydroxyl groups is 4. The molecule has 52 heavy (non-hydrogen) atoms. The van der Waals surface area contributed by atoms with Gasteiger partial charge in [0.05, 0.1) is 43.7 Å². The number of sulfonamides is 1. The summed E-state index contributed by atoms with van der Waals surface area (Å²) in [4.78, 5) is 25.2. The zero-order chi connectivity index (χ0) is 38.9. The Morgan fingerprint density at radius 2 is 1.65 bits per heavy atom. The molecule has 0 aromatic rings. The fraction of sp³-hybridized carbons (Fsp3) is 0.879. The zero-order valence-corrected chi connectivity index (χ0v) is 32.0. The van der Waals surface area contributed by atoms with Gasteiger partial charge < -0.3 is 64.8 Å². The Bertz CT molecular complexity index is 1290. The number of rotatable bonds is 15. The van der Waals surface area contributed by atoms with Gasteiger partial charge in [-0.25, -0.2) is 22.7 Å². The van der Waals surface area contributed by atoms with Crippen LogP contribution in [0.25, 0.3) is 0 Å². The number of hydrogen-bond acceptors (Lipinski definition) is 15. The fourth-order valence-corrected chi connectivity index (χ4v) is 7.06. The van der Waals surface area contributed by atoms with Gasteiger partial charge in [0.2, 0.25) is 10.0 Å². The highest BCUT2D eigenvalue weighted by Crippen LogP contribution is 2.32. The topological polar surface area (TPSA) is 253 Å². The number of carbonyl (C=O) groups excluding carboxylic acids is 2. The smallest absolute Gasteiger partial charge is 0.407 e. The van der Waals surface area contributed by atoms with Crippen LogP contribution in [0.15, 0.2) is 11.8 Å². The molecule has 1 unspecified atom stereocenters. The predicted octanol–water partition coefficient (Wildman–Crippen LogP) is -0.0660. The molecule has 2 aliphatic heterocycles. The van der Waals surface area contributed by atoms with Gasteiger partial charge in [0.25, 0.3) is 0 Å². The van der Waals surface area contributed by atoms with Crippen LogP contribution < -0.4 is 20.7 Å². The minimum absolute atomic E-state index is 0.0310. The summed E-state index contributed by atoms with van der Waals surface area (Å²) in [6.07, 6.45) is -6.99. The Morgan fingerprint density at radius 3 is 2.29 bits per heavy atom. The minimum atomic E-state index is -4.16. The second-order valence-electron chi connectivity index (χ2n) is 15.5. The van der Waals surface area contributed by atoms with Gasteiger partial charge in [-0.05, 0) is 72.8 Å². The summed E-state index contributed by atoms with van der Waals surface area (Å²) in [6, 6.07) is -2.22. The summed E-state index contributed by atoms with van der Waals surface area (Å²) in [5, 5.41) is 49.6. The van der Waals surface area contributed by atoms with Crippen LogP contribution in [0.2, 0.25) is 0 Å². The number of nitrogens with one attached hydrogen (secondary N) is 4. The van der Waals surface area contributed by atoms with Crippen LogP contribution >= 0.6 is 0 Å². The fourth-order valence-electron chi connectivity index (χ4n) is 5.88. The molecule has 2 heterocycles. The molecule has 0 aromatic carbocycles. The molecule has 1 saturated heterocycles. The van der Waals surface area contributed by atoms with Crippen LogP contribution in [0.4, 0.5) is 9.59 Å².